The van der Waals surface area contributed by atoms with Gasteiger partial charge in [0.05, 0.1) is 39.6 Å². The fourth-order valence-corrected chi connectivity index (χ4v) is 3.38. The molecule has 0 aromatic rings. The Morgan fingerprint density at radius 2 is 1.07 bits per heavy atom. The highest BCUT2D eigenvalue weighted by molar-refractivity contribution is 5.78. The number of nitrogens with two attached hydrogens (primary N) is 1. The summed E-state index contributed by atoms with van der Waals surface area (Å²) in [5.41, 5.74) is 5.61. The fraction of sp³-hybridized carbons (Fsp3) is 0.852. The van der Waals surface area contributed by atoms with Gasteiger partial charge in [0.2, 0.25) is 23.6 Å². The Labute approximate surface area is 239 Å². The van der Waals surface area contributed by atoms with E-state index in [9.17, 15) is 19.2 Å². The smallest absolute Gasteiger partial charge is 0.246 e. The summed E-state index contributed by atoms with van der Waals surface area (Å²) < 4.78 is 21.3. The van der Waals surface area contributed by atoms with Gasteiger partial charge in [-0.15, -0.1) is 0 Å². The van der Waals surface area contributed by atoms with Crippen molar-refractivity contribution in [1.29, 1.82) is 0 Å². The molecule has 0 saturated heterocycles. The van der Waals surface area contributed by atoms with E-state index in [-0.39, 0.29) is 74.8 Å². The Kier molecular flexibility index (Phi) is 24.1. The summed E-state index contributed by atoms with van der Waals surface area (Å²) in [5.74, 6) is -0.566. The molecule has 0 aliphatic rings. The second-order valence-electron chi connectivity index (χ2n) is 9.81. The average molecular weight is 576 g/mol. The second-order valence-corrected chi connectivity index (χ2v) is 9.81. The van der Waals surface area contributed by atoms with Crippen LogP contribution in [0.15, 0.2) is 0 Å². The number of carbonyl (C=O) groups is 4. The first-order valence-electron chi connectivity index (χ1n) is 14.3. The van der Waals surface area contributed by atoms with E-state index in [1.54, 1.807) is 0 Å². The van der Waals surface area contributed by atoms with Crippen molar-refractivity contribution in [3.8, 4) is 0 Å². The lowest BCUT2D eigenvalue weighted by molar-refractivity contribution is -0.128. The molecule has 13 heteroatoms. The molecule has 0 bridgehead atoms. The van der Waals surface area contributed by atoms with Crippen LogP contribution in [0, 0.1) is 0 Å². The molecule has 0 aliphatic heterocycles. The van der Waals surface area contributed by atoms with Crippen LogP contribution in [0.1, 0.15) is 66.2 Å². The number of hydrogen-bond acceptors (Lipinski definition) is 9. The lowest BCUT2D eigenvalue weighted by atomic mass is 10.1. The fourth-order valence-electron chi connectivity index (χ4n) is 3.38. The third-order valence-electron chi connectivity index (χ3n) is 5.52. The molecule has 6 N–H and O–H groups in total. The number of amides is 4. The summed E-state index contributed by atoms with van der Waals surface area (Å²) >= 11 is 0. The van der Waals surface area contributed by atoms with Crippen LogP contribution in [0.3, 0.4) is 0 Å². The first kappa shape index (κ1) is 37.7. The Morgan fingerprint density at radius 3 is 1.65 bits per heavy atom. The summed E-state index contributed by atoms with van der Waals surface area (Å²) in [5, 5.41) is 11.2. The van der Waals surface area contributed by atoms with Gasteiger partial charge in [0.15, 0.2) is 0 Å². The maximum Gasteiger partial charge on any atom is 0.246 e. The van der Waals surface area contributed by atoms with Gasteiger partial charge in [-0.05, 0) is 40.0 Å². The summed E-state index contributed by atoms with van der Waals surface area (Å²) in [6.45, 7) is 10.1. The molecule has 0 aliphatic carbocycles. The molecule has 0 aromatic carbocycles. The molecule has 1 unspecified atom stereocenters. The Balaban J connectivity index is 3.52. The monoisotopic (exact) mass is 575 g/mol. The molecule has 0 fully saturated rings. The summed E-state index contributed by atoms with van der Waals surface area (Å²) in [4.78, 5) is 47.1. The van der Waals surface area contributed by atoms with E-state index >= 15 is 0 Å². The zero-order valence-electron chi connectivity index (χ0n) is 24.9. The molecular weight excluding hydrogens is 522 g/mol. The maximum atomic E-state index is 11.9. The number of carbonyl (C=O) groups excluding carboxylic acids is 4. The highest BCUT2D eigenvalue weighted by Crippen LogP contribution is 2.00. The first-order valence-corrected chi connectivity index (χ1v) is 14.3. The lowest BCUT2D eigenvalue weighted by Crippen LogP contribution is -2.37. The van der Waals surface area contributed by atoms with Gasteiger partial charge in [0.25, 0.3) is 0 Å². The number of ether oxygens (including phenoxy) is 4. The van der Waals surface area contributed by atoms with Crippen LogP contribution in [-0.2, 0) is 38.1 Å². The molecule has 0 spiro atoms. The molecular formula is C27H53N5O8. The predicted octanol–water partition coefficient (Wildman–Crippen LogP) is 0.00230. The van der Waals surface area contributed by atoms with E-state index in [0.29, 0.717) is 58.6 Å². The third-order valence-corrected chi connectivity index (χ3v) is 5.52. The van der Waals surface area contributed by atoms with Crippen molar-refractivity contribution in [1.82, 2.24) is 21.3 Å². The van der Waals surface area contributed by atoms with Gasteiger partial charge in [0, 0.05) is 44.1 Å². The van der Waals surface area contributed by atoms with Crippen molar-refractivity contribution in [2.24, 2.45) is 5.73 Å². The van der Waals surface area contributed by atoms with Crippen LogP contribution < -0.4 is 27.0 Å². The maximum absolute atomic E-state index is 11.9. The van der Waals surface area contributed by atoms with Gasteiger partial charge in [-0.1, -0.05) is 13.3 Å². The zero-order chi connectivity index (χ0) is 30.0. The molecule has 40 heavy (non-hydrogen) atoms. The largest absolute Gasteiger partial charge is 0.377 e. The van der Waals surface area contributed by atoms with Gasteiger partial charge in [0.1, 0.15) is 13.2 Å². The summed E-state index contributed by atoms with van der Waals surface area (Å²) in [6.07, 6.45) is 3.92. The number of nitrogens with one attached hydrogen (secondary N) is 4. The molecule has 234 valence electrons. The number of hydrogen-bond donors (Lipinski definition) is 5. The minimum absolute atomic E-state index is 0.00237. The van der Waals surface area contributed by atoms with Crippen molar-refractivity contribution in [3.05, 3.63) is 0 Å². The molecule has 0 aromatic heterocycles. The van der Waals surface area contributed by atoms with E-state index in [1.165, 1.54) is 0 Å². The Hall–Kier alpha value is -2.32. The van der Waals surface area contributed by atoms with E-state index in [2.05, 4.69) is 28.2 Å². The topological polar surface area (TPSA) is 179 Å². The first-order chi connectivity index (χ1) is 19.1. The SMILES string of the molecule is CCC[C@@H](C)NC(=O)CCC(C)NC(=O)COCCOCCNC(=O)COCCOCCNC(=O)CC[C@@H](C)N. The van der Waals surface area contributed by atoms with Crippen molar-refractivity contribution in [3.63, 3.8) is 0 Å². The van der Waals surface area contributed by atoms with Crippen LogP contribution >= 0.6 is 0 Å². The lowest BCUT2D eigenvalue weighted by Gasteiger charge is -2.16. The Bertz CT molecular complexity index is 696. The van der Waals surface area contributed by atoms with Gasteiger partial charge >= 0.3 is 0 Å². The molecule has 4 amide bonds. The average Bonchev–Trinajstić information content (AvgIpc) is 2.89. The van der Waals surface area contributed by atoms with E-state index in [4.69, 9.17) is 24.7 Å². The van der Waals surface area contributed by atoms with Crippen LogP contribution in [0.2, 0.25) is 0 Å². The minimum atomic E-state index is -0.264. The zero-order valence-corrected chi connectivity index (χ0v) is 24.9. The molecule has 3 atom stereocenters. The summed E-state index contributed by atoms with van der Waals surface area (Å²) in [6, 6.07) is 0.0343. The van der Waals surface area contributed by atoms with Crippen LogP contribution in [0.4, 0.5) is 0 Å². The molecule has 0 radical (unpaired) electrons. The van der Waals surface area contributed by atoms with Crippen molar-refractivity contribution in [2.75, 3.05) is 65.9 Å². The van der Waals surface area contributed by atoms with Crippen LogP contribution in [-0.4, -0.2) is 108 Å². The molecule has 0 heterocycles. The second kappa shape index (κ2) is 25.6. The highest BCUT2D eigenvalue weighted by Gasteiger charge is 2.11. The molecule has 0 saturated carbocycles. The quantitative estimate of drug-likeness (QED) is 0.0888. The van der Waals surface area contributed by atoms with Crippen molar-refractivity contribution < 1.29 is 38.1 Å². The highest BCUT2D eigenvalue weighted by atomic mass is 16.5. The van der Waals surface area contributed by atoms with Crippen LogP contribution in [0.25, 0.3) is 0 Å². The third kappa shape index (κ3) is 25.9. The van der Waals surface area contributed by atoms with Crippen molar-refractivity contribution >= 4 is 23.6 Å². The minimum Gasteiger partial charge on any atom is -0.377 e. The van der Waals surface area contributed by atoms with Gasteiger partial charge in [-0.25, -0.2) is 0 Å². The Morgan fingerprint density at radius 1 is 0.600 bits per heavy atom. The van der Waals surface area contributed by atoms with Gasteiger partial charge in [-0.3, -0.25) is 19.2 Å². The molecule has 13 nitrogen and oxygen atoms in total. The van der Waals surface area contributed by atoms with Crippen molar-refractivity contribution in [2.45, 2.75) is 84.3 Å². The standard InChI is InChI=1S/C27H53N5O8/c1-5-6-22(3)31-25(34)10-8-23(4)32-27(36)20-40-18-16-38-14-12-30-26(35)19-39-17-15-37-13-11-29-24(33)9-7-21(2)28/h21-23H,5-20,28H2,1-4H3,(H,29,33)(H,30,35)(H,31,34)(H,32,36)/t21-,22-,23?/m1/s1. The van der Waals surface area contributed by atoms with Gasteiger partial charge in [-0.2, -0.15) is 0 Å². The van der Waals surface area contributed by atoms with E-state index in [1.807, 2.05) is 20.8 Å². The van der Waals surface area contributed by atoms with Crippen LogP contribution in [0.5, 0.6) is 0 Å². The van der Waals surface area contributed by atoms with E-state index < -0.39 is 0 Å². The summed E-state index contributed by atoms with van der Waals surface area (Å²) in [7, 11) is 0. The normalized spacial score (nSPS) is 13.2. The predicted molar refractivity (Wildman–Crippen MR) is 152 cm³/mol. The number of rotatable bonds is 26. The molecule has 0 rings (SSSR count). The van der Waals surface area contributed by atoms with Gasteiger partial charge < -0.3 is 45.9 Å². The van der Waals surface area contributed by atoms with E-state index in [0.717, 1.165) is 12.8 Å².